The zero-order chi connectivity index (χ0) is 22.4. The molecule has 0 aliphatic rings. The maximum Gasteiger partial charge on any atom is 0.230 e. The fourth-order valence-electron chi connectivity index (χ4n) is 3.41. The molecule has 164 valence electrons. The Hall–Kier alpha value is -2.73. The van der Waals surface area contributed by atoms with Crippen molar-refractivity contribution in [3.63, 3.8) is 0 Å². The summed E-state index contributed by atoms with van der Waals surface area (Å²) in [5.41, 5.74) is 5.75. The van der Waals surface area contributed by atoms with Gasteiger partial charge in [0.1, 0.15) is 5.03 Å². The molecule has 0 unspecified atom stereocenters. The zero-order valence-corrected chi connectivity index (χ0v) is 19.7. The molecule has 0 aliphatic carbocycles. The molecule has 3 aromatic rings. The molecular weight excluding hydrogens is 408 g/mol. The molecule has 3 rings (SSSR count). The summed E-state index contributed by atoms with van der Waals surface area (Å²) in [6, 6.07) is 12.3. The summed E-state index contributed by atoms with van der Waals surface area (Å²) in [6.45, 7) is 6.91. The highest BCUT2D eigenvalue weighted by Gasteiger charge is 2.11. The number of methoxy groups -OCH3 is 2. The Labute approximate surface area is 188 Å². The minimum Gasteiger partial charge on any atom is -0.493 e. The highest BCUT2D eigenvalue weighted by atomic mass is 32.2. The van der Waals surface area contributed by atoms with Crippen LogP contribution in [-0.4, -0.2) is 37.4 Å². The first kappa shape index (κ1) is 22.9. The van der Waals surface area contributed by atoms with Gasteiger partial charge in [0.15, 0.2) is 11.5 Å². The van der Waals surface area contributed by atoms with Crippen LogP contribution in [0.1, 0.15) is 29.2 Å². The number of carbonyl (C=O) groups excluding carboxylic acids is 1. The second kappa shape index (κ2) is 10.5. The lowest BCUT2D eigenvalue weighted by Crippen LogP contribution is -2.27. The first-order chi connectivity index (χ1) is 14.9. The minimum atomic E-state index is 0.00881. The van der Waals surface area contributed by atoms with Crippen LogP contribution in [0.3, 0.4) is 0 Å². The van der Waals surface area contributed by atoms with Crippen LogP contribution in [0.15, 0.2) is 41.4 Å². The molecule has 0 saturated carbocycles. The Morgan fingerprint density at radius 3 is 2.48 bits per heavy atom. The van der Waals surface area contributed by atoms with E-state index in [9.17, 15) is 4.79 Å². The van der Waals surface area contributed by atoms with Crippen molar-refractivity contribution >= 4 is 28.6 Å². The number of benzene rings is 2. The van der Waals surface area contributed by atoms with E-state index in [1.54, 1.807) is 14.2 Å². The zero-order valence-electron chi connectivity index (χ0n) is 18.9. The standard InChI is InChI=1S/C25H30N2O3S/c1-6-19-14-20-11-16(2)17(3)12-21(20)27-25(19)31-15-24(28)26-10-9-18-7-8-22(29-4)23(13-18)30-5/h7-8,11-14H,6,9-10,15H2,1-5H3,(H,26,28). The number of hydrogen-bond acceptors (Lipinski definition) is 5. The van der Waals surface area contributed by atoms with Crippen LogP contribution in [0.5, 0.6) is 11.5 Å². The second-order valence-electron chi connectivity index (χ2n) is 7.51. The van der Waals surface area contributed by atoms with Gasteiger partial charge in [0.2, 0.25) is 5.91 Å². The monoisotopic (exact) mass is 438 g/mol. The maximum atomic E-state index is 12.4. The van der Waals surface area contributed by atoms with Crippen molar-refractivity contribution in [2.24, 2.45) is 0 Å². The molecule has 1 heterocycles. The molecule has 1 N–H and O–H groups in total. The summed E-state index contributed by atoms with van der Waals surface area (Å²) in [5, 5.41) is 5.09. The van der Waals surface area contributed by atoms with E-state index in [1.807, 2.05) is 18.2 Å². The Morgan fingerprint density at radius 2 is 1.77 bits per heavy atom. The van der Waals surface area contributed by atoms with E-state index in [0.29, 0.717) is 23.8 Å². The van der Waals surface area contributed by atoms with E-state index in [2.05, 4.69) is 44.3 Å². The van der Waals surface area contributed by atoms with Gasteiger partial charge in [-0.05, 0) is 79.3 Å². The number of rotatable bonds is 9. The van der Waals surface area contributed by atoms with Crippen molar-refractivity contribution < 1.29 is 14.3 Å². The summed E-state index contributed by atoms with van der Waals surface area (Å²) in [6.07, 6.45) is 1.61. The number of carbonyl (C=O) groups is 1. The van der Waals surface area contributed by atoms with Crippen LogP contribution < -0.4 is 14.8 Å². The Morgan fingerprint density at radius 1 is 1.03 bits per heavy atom. The van der Waals surface area contributed by atoms with Gasteiger partial charge < -0.3 is 14.8 Å². The maximum absolute atomic E-state index is 12.4. The molecule has 1 aromatic heterocycles. The summed E-state index contributed by atoms with van der Waals surface area (Å²) in [4.78, 5) is 17.2. The predicted octanol–water partition coefficient (Wildman–Crippen LogP) is 4.88. The van der Waals surface area contributed by atoms with E-state index in [1.165, 1.54) is 28.5 Å². The number of nitrogens with one attached hydrogen (secondary N) is 1. The third kappa shape index (κ3) is 5.70. The van der Waals surface area contributed by atoms with Gasteiger partial charge in [0.05, 0.1) is 25.5 Å². The molecule has 0 atom stereocenters. The lowest BCUT2D eigenvalue weighted by molar-refractivity contribution is -0.118. The molecule has 0 fully saturated rings. The number of nitrogens with zero attached hydrogens (tertiary/aromatic N) is 1. The van der Waals surface area contributed by atoms with Gasteiger partial charge in [0, 0.05) is 11.9 Å². The molecule has 0 bridgehead atoms. The van der Waals surface area contributed by atoms with Crippen LogP contribution in [0.2, 0.25) is 0 Å². The van der Waals surface area contributed by atoms with Crippen molar-refractivity contribution in [2.75, 3.05) is 26.5 Å². The highest BCUT2D eigenvalue weighted by Crippen LogP contribution is 2.28. The molecule has 0 saturated heterocycles. The van der Waals surface area contributed by atoms with E-state index in [4.69, 9.17) is 14.5 Å². The average molecular weight is 439 g/mol. The average Bonchev–Trinajstić information content (AvgIpc) is 2.77. The number of thioether (sulfide) groups is 1. The van der Waals surface area contributed by atoms with Crippen LogP contribution in [0, 0.1) is 13.8 Å². The first-order valence-corrected chi connectivity index (χ1v) is 11.4. The Balaban J connectivity index is 1.58. The number of hydrogen-bond donors (Lipinski definition) is 1. The summed E-state index contributed by atoms with van der Waals surface area (Å²) >= 11 is 1.50. The number of ether oxygens (including phenoxy) is 2. The van der Waals surface area contributed by atoms with Gasteiger partial charge >= 0.3 is 0 Å². The van der Waals surface area contributed by atoms with E-state index in [-0.39, 0.29) is 5.91 Å². The van der Waals surface area contributed by atoms with E-state index >= 15 is 0 Å². The summed E-state index contributed by atoms with van der Waals surface area (Å²) in [7, 11) is 3.24. The molecule has 2 aromatic carbocycles. The van der Waals surface area contributed by atoms with Crippen LogP contribution in [0.25, 0.3) is 10.9 Å². The Kier molecular flexibility index (Phi) is 7.80. The largest absolute Gasteiger partial charge is 0.493 e. The van der Waals surface area contributed by atoms with Gasteiger partial charge in [-0.1, -0.05) is 24.8 Å². The quantitative estimate of drug-likeness (QED) is 0.483. The normalized spacial score (nSPS) is 10.9. The van der Waals surface area contributed by atoms with E-state index < -0.39 is 0 Å². The second-order valence-corrected chi connectivity index (χ2v) is 8.48. The SMILES string of the molecule is CCc1cc2cc(C)c(C)cc2nc1SCC(=O)NCCc1ccc(OC)c(OC)c1. The summed E-state index contributed by atoms with van der Waals surface area (Å²) < 4.78 is 10.6. The molecule has 0 aliphatic heterocycles. The highest BCUT2D eigenvalue weighted by molar-refractivity contribution is 7.99. The number of aryl methyl sites for hydroxylation is 3. The van der Waals surface area contributed by atoms with Crippen LogP contribution in [-0.2, 0) is 17.6 Å². The van der Waals surface area contributed by atoms with Gasteiger partial charge in [-0.2, -0.15) is 0 Å². The van der Waals surface area contributed by atoms with Crippen molar-refractivity contribution in [3.05, 3.63) is 58.7 Å². The lowest BCUT2D eigenvalue weighted by atomic mass is 10.0. The van der Waals surface area contributed by atoms with Gasteiger partial charge in [-0.3, -0.25) is 4.79 Å². The topological polar surface area (TPSA) is 60.5 Å². The van der Waals surface area contributed by atoms with Gasteiger partial charge in [-0.15, -0.1) is 0 Å². The number of fused-ring (bicyclic) bond motifs is 1. The van der Waals surface area contributed by atoms with Crippen molar-refractivity contribution in [3.8, 4) is 11.5 Å². The third-order valence-electron chi connectivity index (χ3n) is 5.37. The predicted molar refractivity (Wildman–Crippen MR) is 128 cm³/mol. The minimum absolute atomic E-state index is 0.00881. The molecule has 0 spiro atoms. The first-order valence-electron chi connectivity index (χ1n) is 10.5. The molecule has 1 amide bonds. The van der Waals surface area contributed by atoms with E-state index in [0.717, 1.165) is 34.3 Å². The fourth-order valence-corrected chi connectivity index (χ4v) is 4.33. The molecular formula is C25H30N2O3S. The van der Waals surface area contributed by atoms with Crippen molar-refractivity contribution in [1.29, 1.82) is 0 Å². The Bertz CT molecular complexity index is 1080. The van der Waals surface area contributed by atoms with Crippen molar-refractivity contribution in [1.82, 2.24) is 10.3 Å². The van der Waals surface area contributed by atoms with Crippen LogP contribution >= 0.6 is 11.8 Å². The molecule has 6 heteroatoms. The third-order valence-corrected chi connectivity index (χ3v) is 6.41. The number of pyridine rings is 1. The fraction of sp³-hybridized carbons (Fsp3) is 0.360. The molecule has 0 radical (unpaired) electrons. The lowest BCUT2D eigenvalue weighted by Gasteiger charge is -2.11. The van der Waals surface area contributed by atoms with Gasteiger partial charge in [0.25, 0.3) is 0 Å². The van der Waals surface area contributed by atoms with Gasteiger partial charge in [-0.25, -0.2) is 4.98 Å². The number of amides is 1. The molecule has 5 nitrogen and oxygen atoms in total. The molecule has 31 heavy (non-hydrogen) atoms. The van der Waals surface area contributed by atoms with Crippen LogP contribution in [0.4, 0.5) is 0 Å². The number of aromatic nitrogens is 1. The smallest absolute Gasteiger partial charge is 0.230 e. The summed E-state index contributed by atoms with van der Waals surface area (Å²) in [5.74, 6) is 1.75. The van der Waals surface area contributed by atoms with Crippen molar-refractivity contribution in [2.45, 2.75) is 38.6 Å².